The standard InChI is InChI=1S/C30H27ClN2O6/c1-36-26-15-13-23(18-27(26)37-2)33-30(35)32-22-12-14-25(24(17-22)29(34)38-3)39-28(19-8-5-4-6-9-19)20-10-7-11-21(31)16-20/h4-18,28H,1-3H3,(H2,32,33,35). The number of rotatable bonds is 9. The Kier molecular flexibility index (Phi) is 8.91. The van der Waals surface area contributed by atoms with Crippen LogP contribution in [0, 0.1) is 0 Å². The highest BCUT2D eigenvalue weighted by atomic mass is 35.5. The Morgan fingerprint density at radius 3 is 1.97 bits per heavy atom. The van der Waals surface area contributed by atoms with Gasteiger partial charge in [0.1, 0.15) is 17.4 Å². The highest BCUT2D eigenvalue weighted by molar-refractivity contribution is 6.30. The van der Waals surface area contributed by atoms with Crippen molar-refractivity contribution < 1.29 is 28.5 Å². The average molecular weight is 547 g/mol. The van der Waals surface area contributed by atoms with Crippen molar-refractivity contribution in [2.75, 3.05) is 32.0 Å². The Labute approximate surface area is 231 Å². The van der Waals surface area contributed by atoms with Crippen LogP contribution < -0.4 is 24.8 Å². The first-order chi connectivity index (χ1) is 18.9. The summed E-state index contributed by atoms with van der Waals surface area (Å²) in [7, 11) is 4.32. The Morgan fingerprint density at radius 2 is 1.33 bits per heavy atom. The summed E-state index contributed by atoms with van der Waals surface area (Å²) in [5, 5.41) is 6.01. The molecule has 0 aliphatic carbocycles. The third kappa shape index (κ3) is 6.80. The number of amides is 2. The summed E-state index contributed by atoms with van der Waals surface area (Å²) in [6.07, 6.45) is -0.555. The zero-order valence-corrected chi connectivity index (χ0v) is 22.3. The van der Waals surface area contributed by atoms with E-state index >= 15 is 0 Å². The predicted octanol–water partition coefficient (Wildman–Crippen LogP) is 6.96. The van der Waals surface area contributed by atoms with Crippen molar-refractivity contribution in [3.8, 4) is 17.2 Å². The second kappa shape index (κ2) is 12.7. The van der Waals surface area contributed by atoms with E-state index in [0.29, 0.717) is 27.9 Å². The van der Waals surface area contributed by atoms with Gasteiger partial charge in [-0.05, 0) is 53.6 Å². The summed E-state index contributed by atoms with van der Waals surface area (Å²) >= 11 is 6.25. The molecule has 2 amide bonds. The minimum Gasteiger partial charge on any atom is -0.493 e. The summed E-state index contributed by atoms with van der Waals surface area (Å²) in [5.41, 5.74) is 2.67. The Balaban J connectivity index is 1.59. The molecule has 9 heteroatoms. The van der Waals surface area contributed by atoms with Crippen molar-refractivity contribution in [1.29, 1.82) is 0 Å². The fourth-order valence-corrected chi connectivity index (χ4v) is 4.14. The third-order valence-corrected chi connectivity index (χ3v) is 6.02. The number of carbonyl (C=O) groups excluding carboxylic acids is 2. The Bertz CT molecular complexity index is 1460. The summed E-state index contributed by atoms with van der Waals surface area (Å²) < 4.78 is 21.9. The van der Waals surface area contributed by atoms with Crippen LogP contribution in [-0.2, 0) is 4.74 Å². The van der Waals surface area contributed by atoms with E-state index < -0.39 is 18.1 Å². The fraction of sp³-hybridized carbons (Fsp3) is 0.133. The molecule has 0 saturated carbocycles. The molecular weight excluding hydrogens is 520 g/mol. The van der Waals surface area contributed by atoms with Crippen molar-refractivity contribution in [3.05, 3.63) is 113 Å². The smallest absolute Gasteiger partial charge is 0.341 e. The van der Waals surface area contributed by atoms with Crippen LogP contribution >= 0.6 is 11.6 Å². The topological polar surface area (TPSA) is 95.1 Å². The van der Waals surface area contributed by atoms with E-state index in [1.54, 1.807) is 36.4 Å². The van der Waals surface area contributed by atoms with Crippen molar-refractivity contribution in [1.82, 2.24) is 0 Å². The third-order valence-electron chi connectivity index (χ3n) is 5.78. The largest absolute Gasteiger partial charge is 0.493 e. The molecule has 8 nitrogen and oxygen atoms in total. The molecule has 0 bridgehead atoms. The average Bonchev–Trinajstić information content (AvgIpc) is 2.96. The van der Waals surface area contributed by atoms with E-state index in [1.165, 1.54) is 27.4 Å². The molecule has 0 spiro atoms. The highest BCUT2D eigenvalue weighted by Gasteiger charge is 2.22. The maximum absolute atomic E-state index is 12.7. The van der Waals surface area contributed by atoms with Gasteiger partial charge in [-0.1, -0.05) is 54.1 Å². The van der Waals surface area contributed by atoms with Crippen LogP contribution in [0.15, 0.2) is 91.0 Å². The molecule has 200 valence electrons. The lowest BCUT2D eigenvalue weighted by Crippen LogP contribution is -2.20. The molecule has 0 aromatic heterocycles. The van der Waals surface area contributed by atoms with Gasteiger partial charge in [0.2, 0.25) is 0 Å². The summed E-state index contributed by atoms with van der Waals surface area (Å²) in [4.78, 5) is 25.4. The molecule has 39 heavy (non-hydrogen) atoms. The van der Waals surface area contributed by atoms with Gasteiger partial charge in [0.05, 0.1) is 21.3 Å². The molecule has 0 fully saturated rings. The monoisotopic (exact) mass is 546 g/mol. The van der Waals surface area contributed by atoms with E-state index in [1.807, 2.05) is 48.5 Å². The Morgan fingerprint density at radius 1 is 0.692 bits per heavy atom. The highest BCUT2D eigenvalue weighted by Crippen LogP contribution is 2.34. The SMILES string of the molecule is COC(=O)c1cc(NC(=O)Nc2ccc(OC)c(OC)c2)ccc1OC(c1ccccc1)c1cccc(Cl)c1. The molecule has 0 heterocycles. The normalized spacial score (nSPS) is 11.2. The molecule has 1 unspecified atom stereocenters. The van der Waals surface area contributed by atoms with Crippen molar-refractivity contribution in [2.24, 2.45) is 0 Å². The zero-order chi connectivity index (χ0) is 27.8. The van der Waals surface area contributed by atoms with Crippen LogP contribution in [0.4, 0.5) is 16.2 Å². The molecule has 0 aliphatic heterocycles. The van der Waals surface area contributed by atoms with Crippen LogP contribution in [0.5, 0.6) is 17.2 Å². The minimum atomic E-state index is -0.619. The number of hydrogen-bond donors (Lipinski definition) is 2. The van der Waals surface area contributed by atoms with Gasteiger partial charge < -0.3 is 29.6 Å². The van der Waals surface area contributed by atoms with Gasteiger partial charge in [-0.3, -0.25) is 0 Å². The summed E-state index contributed by atoms with van der Waals surface area (Å²) in [6, 6.07) is 26.1. The number of ether oxygens (including phenoxy) is 4. The van der Waals surface area contributed by atoms with Gasteiger partial charge in [0.25, 0.3) is 0 Å². The van der Waals surface area contributed by atoms with Gasteiger partial charge in [-0.25, -0.2) is 9.59 Å². The number of halogens is 1. The first kappa shape index (κ1) is 27.3. The van der Waals surface area contributed by atoms with Crippen LogP contribution in [0.1, 0.15) is 27.6 Å². The first-order valence-electron chi connectivity index (χ1n) is 11.9. The minimum absolute atomic E-state index is 0.143. The van der Waals surface area contributed by atoms with E-state index in [4.69, 9.17) is 30.5 Å². The van der Waals surface area contributed by atoms with E-state index in [0.717, 1.165) is 11.1 Å². The molecule has 0 radical (unpaired) electrons. The quantitative estimate of drug-likeness (QED) is 0.220. The fourth-order valence-electron chi connectivity index (χ4n) is 3.94. The number of carbonyl (C=O) groups is 2. The molecule has 0 aliphatic rings. The summed E-state index contributed by atoms with van der Waals surface area (Å²) in [5.74, 6) is 0.666. The van der Waals surface area contributed by atoms with Gasteiger partial charge in [-0.15, -0.1) is 0 Å². The van der Waals surface area contributed by atoms with Crippen LogP contribution in [0.3, 0.4) is 0 Å². The predicted molar refractivity (Wildman–Crippen MR) is 150 cm³/mol. The molecule has 4 rings (SSSR count). The second-order valence-electron chi connectivity index (χ2n) is 8.31. The van der Waals surface area contributed by atoms with Gasteiger partial charge >= 0.3 is 12.0 Å². The Hall–Kier alpha value is -4.69. The molecular formula is C30H27ClN2O6. The zero-order valence-electron chi connectivity index (χ0n) is 21.6. The lowest BCUT2D eigenvalue weighted by molar-refractivity contribution is 0.0594. The number of methoxy groups -OCH3 is 3. The van der Waals surface area contributed by atoms with Crippen LogP contribution in [0.25, 0.3) is 0 Å². The molecule has 1 atom stereocenters. The number of benzene rings is 4. The number of urea groups is 1. The molecule has 4 aromatic rings. The molecule has 2 N–H and O–H groups in total. The molecule has 0 saturated heterocycles. The molecule has 4 aromatic carbocycles. The maximum atomic E-state index is 12.7. The van der Waals surface area contributed by atoms with E-state index in [9.17, 15) is 9.59 Å². The first-order valence-corrected chi connectivity index (χ1v) is 12.3. The lowest BCUT2D eigenvalue weighted by Gasteiger charge is -2.22. The van der Waals surface area contributed by atoms with E-state index in [-0.39, 0.29) is 11.3 Å². The van der Waals surface area contributed by atoms with Gasteiger partial charge in [0, 0.05) is 22.5 Å². The van der Waals surface area contributed by atoms with Gasteiger partial charge in [0.15, 0.2) is 11.5 Å². The maximum Gasteiger partial charge on any atom is 0.341 e. The number of nitrogens with one attached hydrogen (secondary N) is 2. The number of hydrogen-bond acceptors (Lipinski definition) is 6. The number of anilines is 2. The summed E-state index contributed by atoms with van der Waals surface area (Å²) in [6.45, 7) is 0. The van der Waals surface area contributed by atoms with Crippen molar-refractivity contribution in [3.63, 3.8) is 0 Å². The van der Waals surface area contributed by atoms with Crippen LogP contribution in [0.2, 0.25) is 5.02 Å². The van der Waals surface area contributed by atoms with Gasteiger partial charge in [-0.2, -0.15) is 0 Å². The van der Waals surface area contributed by atoms with Crippen LogP contribution in [-0.4, -0.2) is 33.3 Å². The second-order valence-corrected chi connectivity index (χ2v) is 8.75. The van der Waals surface area contributed by atoms with E-state index in [2.05, 4.69) is 10.6 Å². The van der Waals surface area contributed by atoms with Crippen molar-refractivity contribution >= 4 is 35.0 Å². The lowest BCUT2D eigenvalue weighted by atomic mass is 10.0. The van der Waals surface area contributed by atoms with Crippen molar-refractivity contribution in [2.45, 2.75) is 6.10 Å². The number of esters is 1.